The average Bonchev–Trinajstić information content (AvgIpc) is 4.16. The minimum atomic E-state index is -4.22. The van der Waals surface area contributed by atoms with Gasteiger partial charge in [-0.15, -0.1) is 4.40 Å². The summed E-state index contributed by atoms with van der Waals surface area (Å²) in [6.07, 6.45) is -4.15. The molecule has 1 amide bonds. The number of carbonyl (C=O) groups excluding carboxylic acids is 1. The standard InChI is InChI=1S/C39H33ClF8N10O5S/c1-63-29-14-50-25(12-51-29)23-11-30(60)58(26-5-4-22(40)32(33(26)52-13-27(43)44)37(49)56-64(61,62)19-2-3-19)38(54-23)24(8-16-6-17(41)9-18(42)7-16)53-28(59)15-57-35-31(34(55-57)36(45)46)20-10-21(20)39(35,47)48/h4-7,9,11-12,14,19-21,24,27,36,52H,2-3,8,10,13,15H2,1H3,(H2,49,56)(H,53,59)/t20-,21+,24-/m0/s1. The molecule has 4 N–H and O–H groups in total. The smallest absolute Gasteiger partial charge is 0.293 e. The van der Waals surface area contributed by atoms with Crippen molar-refractivity contribution >= 4 is 39.1 Å². The number of ether oxygens (including phenoxy) is 1. The lowest BCUT2D eigenvalue weighted by Crippen LogP contribution is -2.38. The molecule has 0 radical (unpaired) electrons. The number of hydrogen-bond donors (Lipinski definition) is 3. The van der Waals surface area contributed by atoms with Crippen LogP contribution in [-0.4, -0.2) is 74.8 Å². The molecule has 0 spiro atoms. The van der Waals surface area contributed by atoms with Crippen LogP contribution in [0.2, 0.25) is 5.02 Å². The number of amidine groups is 1. The summed E-state index contributed by atoms with van der Waals surface area (Å²) in [5, 5.41) is 7.43. The lowest BCUT2D eigenvalue weighted by molar-refractivity contribution is -0.123. The SMILES string of the molecule is COc1cnc(-c2cc(=O)n(-c3ccc(Cl)c(C(N)=NS(=O)(=O)C4CC4)c3NCC(F)F)c([C@H](Cc3cc(F)cc(F)c3)NC(=O)Cn3nc(C(F)F)c4c3C(F)(F)[C@@H]3C[C@H]43)n2)cn1. The number of benzene rings is 2. The van der Waals surface area contributed by atoms with Gasteiger partial charge in [-0.1, -0.05) is 11.6 Å². The fraction of sp³-hybridized carbons (Fsp3) is 0.359. The van der Waals surface area contributed by atoms with Gasteiger partial charge in [0.15, 0.2) is 0 Å². The van der Waals surface area contributed by atoms with Crippen LogP contribution in [0.5, 0.6) is 5.88 Å². The summed E-state index contributed by atoms with van der Waals surface area (Å²) in [7, 11) is -2.92. The van der Waals surface area contributed by atoms with Crippen LogP contribution in [0.4, 0.5) is 40.8 Å². The third-order valence-electron chi connectivity index (χ3n) is 10.7. The van der Waals surface area contributed by atoms with Gasteiger partial charge in [-0.3, -0.25) is 18.8 Å². The van der Waals surface area contributed by atoms with Gasteiger partial charge < -0.3 is 21.1 Å². The highest BCUT2D eigenvalue weighted by Crippen LogP contribution is 2.68. The molecule has 3 aromatic heterocycles. The second-order valence-corrected chi connectivity index (χ2v) is 17.5. The summed E-state index contributed by atoms with van der Waals surface area (Å²) in [4.78, 5) is 41.5. The molecule has 0 aliphatic heterocycles. The molecule has 25 heteroatoms. The van der Waals surface area contributed by atoms with Crippen molar-refractivity contribution in [2.24, 2.45) is 16.0 Å². The van der Waals surface area contributed by atoms with Crippen LogP contribution >= 0.6 is 11.6 Å². The molecular weight excluding hydrogens is 908 g/mol. The first-order valence-electron chi connectivity index (χ1n) is 19.2. The lowest BCUT2D eigenvalue weighted by atomic mass is 10.0. The number of alkyl halides is 6. The molecule has 3 atom stereocenters. The topological polar surface area (TPSA) is 201 Å². The molecule has 8 rings (SSSR count). The minimum absolute atomic E-state index is 0.0463. The summed E-state index contributed by atoms with van der Waals surface area (Å²) >= 11 is 6.52. The van der Waals surface area contributed by atoms with Crippen LogP contribution in [0.25, 0.3) is 17.1 Å². The van der Waals surface area contributed by atoms with E-state index in [1.54, 1.807) is 0 Å². The van der Waals surface area contributed by atoms with E-state index < -0.39 is 135 Å². The number of carbonyl (C=O) groups is 1. The first-order valence-corrected chi connectivity index (χ1v) is 21.1. The van der Waals surface area contributed by atoms with Crippen LogP contribution in [0.3, 0.4) is 0 Å². The van der Waals surface area contributed by atoms with E-state index in [1.165, 1.54) is 13.3 Å². The molecule has 3 heterocycles. The second-order valence-electron chi connectivity index (χ2n) is 15.2. The van der Waals surface area contributed by atoms with Crippen molar-refractivity contribution in [3.05, 3.63) is 110 Å². The lowest BCUT2D eigenvalue weighted by Gasteiger charge is -2.26. The number of aromatic nitrogens is 6. The van der Waals surface area contributed by atoms with Crippen LogP contribution in [0.1, 0.15) is 71.6 Å². The number of nitrogens with one attached hydrogen (secondary N) is 2. The first kappa shape index (κ1) is 44.4. The summed E-state index contributed by atoms with van der Waals surface area (Å²) in [6, 6.07) is 3.75. The fourth-order valence-corrected chi connectivity index (χ4v) is 9.27. The van der Waals surface area contributed by atoms with Gasteiger partial charge in [-0.2, -0.15) is 13.9 Å². The van der Waals surface area contributed by atoms with E-state index in [9.17, 15) is 44.3 Å². The summed E-state index contributed by atoms with van der Waals surface area (Å²) in [6.45, 7) is -2.23. The molecule has 2 fully saturated rings. The number of sulfonamides is 1. The number of fused-ring (bicyclic) bond motifs is 3. The third-order valence-corrected chi connectivity index (χ3v) is 12.8. The number of nitrogens with zero attached hydrogens (tertiary/aromatic N) is 7. The van der Waals surface area contributed by atoms with E-state index in [0.29, 0.717) is 10.7 Å². The fourth-order valence-electron chi connectivity index (χ4n) is 7.77. The van der Waals surface area contributed by atoms with Crippen molar-refractivity contribution in [3.63, 3.8) is 0 Å². The van der Waals surface area contributed by atoms with E-state index in [0.717, 1.165) is 41.1 Å². The number of methoxy groups -OCH3 is 1. The number of anilines is 1. The Morgan fingerprint density at radius 3 is 2.41 bits per heavy atom. The van der Waals surface area contributed by atoms with Crippen molar-refractivity contribution in [2.75, 3.05) is 19.0 Å². The Balaban J connectivity index is 1.33. The predicted molar refractivity (Wildman–Crippen MR) is 212 cm³/mol. The molecule has 0 unspecified atom stereocenters. The maximum Gasteiger partial charge on any atom is 0.293 e. The first-order chi connectivity index (χ1) is 30.3. The van der Waals surface area contributed by atoms with E-state index in [4.69, 9.17) is 22.1 Å². The van der Waals surface area contributed by atoms with E-state index >= 15 is 8.78 Å². The van der Waals surface area contributed by atoms with E-state index in [-0.39, 0.29) is 52.7 Å². The van der Waals surface area contributed by atoms with E-state index in [2.05, 4.69) is 35.1 Å². The van der Waals surface area contributed by atoms with Crippen molar-refractivity contribution in [2.45, 2.75) is 68.2 Å². The normalized spacial score (nSPS) is 18.2. The molecule has 2 saturated carbocycles. The van der Waals surface area contributed by atoms with Crippen LogP contribution in [0.15, 0.2) is 58.0 Å². The second kappa shape index (κ2) is 16.8. The number of amides is 1. The number of halogens is 9. The van der Waals surface area contributed by atoms with E-state index in [1.807, 2.05) is 0 Å². The van der Waals surface area contributed by atoms with Gasteiger partial charge in [-0.05, 0) is 55.0 Å². The minimum Gasteiger partial charge on any atom is -0.480 e. The third kappa shape index (κ3) is 8.58. The average molecular weight is 941 g/mol. The maximum absolute atomic E-state index is 15.5. The predicted octanol–water partition coefficient (Wildman–Crippen LogP) is 5.95. The summed E-state index contributed by atoms with van der Waals surface area (Å²) < 4.78 is 152. The molecule has 338 valence electrons. The van der Waals surface area contributed by atoms with Crippen LogP contribution in [0, 0.1) is 17.6 Å². The van der Waals surface area contributed by atoms with Crippen molar-refractivity contribution in [1.29, 1.82) is 0 Å². The molecular formula is C39H33ClF8N10O5S. The van der Waals surface area contributed by atoms with Gasteiger partial charge in [-0.25, -0.2) is 49.7 Å². The summed E-state index contributed by atoms with van der Waals surface area (Å²) in [5.41, 5.74) is 1.23. The quantitative estimate of drug-likeness (QED) is 0.0600. The van der Waals surface area contributed by atoms with Gasteiger partial charge >= 0.3 is 0 Å². The molecule has 3 aliphatic carbocycles. The number of hydrogen-bond acceptors (Lipinski definition) is 10. The Hall–Kier alpha value is -6.17. The Bertz CT molecular complexity index is 2860. The molecule has 15 nitrogen and oxygen atoms in total. The Kier molecular flexibility index (Phi) is 11.6. The zero-order valence-electron chi connectivity index (χ0n) is 32.9. The van der Waals surface area contributed by atoms with Crippen LogP contribution < -0.4 is 26.7 Å². The molecule has 2 aromatic carbocycles. The van der Waals surface area contributed by atoms with Gasteiger partial charge in [0.05, 0.1) is 65.0 Å². The molecule has 5 aromatic rings. The van der Waals surface area contributed by atoms with Gasteiger partial charge in [0, 0.05) is 30.0 Å². The molecule has 0 bridgehead atoms. The zero-order valence-corrected chi connectivity index (χ0v) is 34.5. The Morgan fingerprint density at radius 2 is 1.78 bits per heavy atom. The largest absolute Gasteiger partial charge is 0.480 e. The zero-order chi connectivity index (χ0) is 46.0. The van der Waals surface area contributed by atoms with Gasteiger partial charge in [0.25, 0.3) is 34.4 Å². The number of rotatable bonds is 16. The van der Waals surface area contributed by atoms with Gasteiger partial charge in [0.1, 0.15) is 46.9 Å². The van der Waals surface area contributed by atoms with Crippen molar-refractivity contribution in [1.82, 2.24) is 34.6 Å². The van der Waals surface area contributed by atoms with Crippen molar-refractivity contribution < 1.29 is 53.1 Å². The highest BCUT2D eigenvalue weighted by Gasteiger charge is 2.67. The summed E-state index contributed by atoms with van der Waals surface area (Å²) in [5.74, 6) is -10.4. The molecule has 3 aliphatic rings. The van der Waals surface area contributed by atoms with Crippen molar-refractivity contribution in [3.8, 4) is 23.0 Å². The highest BCUT2D eigenvalue weighted by molar-refractivity contribution is 7.91. The van der Waals surface area contributed by atoms with Gasteiger partial charge in [0.2, 0.25) is 11.8 Å². The Labute approximate surface area is 361 Å². The maximum atomic E-state index is 15.5. The Morgan fingerprint density at radius 1 is 1.06 bits per heavy atom. The monoisotopic (exact) mass is 940 g/mol. The molecule has 64 heavy (non-hydrogen) atoms. The number of nitrogens with two attached hydrogens (primary N) is 1. The highest BCUT2D eigenvalue weighted by atomic mass is 35.5. The molecule has 0 saturated heterocycles. The van der Waals surface area contributed by atoms with Crippen LogP contribution in [-0.2, 0) is 33.7 Å².